The molecule has 1 heterocycles. The third kappa shape index (κ3) is 3.11. The average molecular weight is 310 g/mol. The Morgan fingerprint density at radius 1 is 1.04 bits per heavy atom. The van der Waals surface area contributed by atoms with E-state index in [1.807, 2.05) is 36.4 Å². The molecule has 0 saturated carbocycles. The van der Waals surface area contributed by atoms with Crippen molar-refractivity contribution in [1.29, 1.82) is 0 Å². The van der Waals surface area contributed by atoms with Crippen LogP contribution in [0.2, 0.25) is 0 Å². The van der Waals surface area contributed by atoms with Crippen LogP contribution in [0.5, 0.6) is 11.5 Å². The first-order valence-corrected chi connectivity index (χ1v) is 7.16. The minimum Gasteiger partial charge on any atom is -0.497 e. The van der Waals surface area contributed by atoms with Crippen molar-refractivity contribution < 1.29 is 9.47 Å². The maximum atomic E-state index is 5.79. The Kier molecular flexibility index (Phi) is 4.14. The van der Waals surface area contributed by atoms with Crippen molar-refractivity contribution in [1.82, 2.24) is 9.97 Å². The van der Waals surface area contributed by atoms with Crippen molar-refractivity contribution in [2.75, 3.05) is 25.3 Å². The smallest absolute Gasteiger partial charge is 0.137 e. The molecule has 3 aromatic rings. The van der Waals surface area contributed by atoms with E-state index >= 15 is 0 Å². The minimum absolute atomic E-state index is 0.573. The van der Waals surface area contributed by atoms with Crippen molar-refractivity contribution in [3.8, 4) is 11.5 Å². The number of hydrogen-bond acceptors (Lipinski definition) is 6. The highest BCUT2D eigenvalue weighted by molar-refractivity contribution is 5.90. The topological polar surface area (TPSA) is 82.3 Å². The molecule has 0 bridgehead atoms. The van der Waals surface area contributed by atoms with Gasteiger partial charge in [-0.2, -0.15) is 0 Å². The van der Waals surface area contributed by atoms with Gasteiger partial charge in [-0.1, -0.05) is 0 Å². The number of benzene rings is 2. The number of nitrogens with one attached hydrogen (secondary N) is 1. The molecule has 0 aliphatic heterocycles. The molecule has 0 saturated heterocycles. The van der Waals surface area contributed by atoms with E-state index in [1.54, 1.807) is 14.2 Å². The molecule has 23 heavy (non-hydrogen) atoms. The van der Waals surface area contributed by atoms with Crippen LogP contribution in [0.15, 0.2) is 42.7 Å². The summed E-state index contributed by atoms with van der Waals surface area (Å²) in [5.41, 5.74) is 8.29. The van der Waals surface area contributed by atoms with Crippen molar-refractivity contribution in [2.24, 2.45) is 0 Å². The maximum absolute atomic E-state index is 5.79. The van der Waals surface area contributed by atoms with Gasteiger partial charge in [-0.25, -0.2) is 9.97 Å². The van der Waals surface area contributed by atoms with Crippen LogP contribution < -0.4 is 20.5 Å². The van der Waals surface area contributed by atoms with Crippen molar-refractivity contribution in [3.63, 3.8) is 0 Å². The lowest BCUT2D eigenvalue weighted by Gasteiger charge is -2.12. The van der Waals surface area contributed by atoms with Crippen molar-refractivity contribution in [2.45, 2.75) is 6.54 Å². The van der Waals surface area contributed by atoms with E-state index in [0.29, 0.717) is 12.2 Å². The lowest BCUT2D eigenvalue weighted by atomic mass is 10.1. The molecule has 6 heteroatoms. The van der Waals surface area contributed by atoms with Gasteiger partial charge in [-0.15, -0.1) is 0 Å². The number of nitrogen functional groups attached to an aromatic ring is 1. The van der Waals surface area contributed by atoms with Crippen LogP contribution in [0.3, 0.4) is 0 Å². The fourth-order valence-corrected chi connectivity index (χ4v) is 2.39. The largest absolute Gasteiger partial charge is 0.497 e. The van der Waals surface area contributed by atoms with Crippen LogP contribution in [0.25, 0.3) is 10.9 Å². The molecule has 0 fully saturated rings. The standard InChI is InChI=1S/C17H18N4O2/c1-22-13-5-3-11(16(8-13)23-2)9-19-17-14-6-4-12(18)7-15(14)20-10-21-17/h3-8,10H,9,18H2,1-2H3,(H,19,20,21). The number of methoxy groups -OCH3 is 2. The highest BCUT2D eigenvalue weighted by atomic mass is 16.5. The zero-order valence-corrected chi connectivity index (χ0v) is 13.0. The Morgan fingerprint density at radius 2 is 1.91 bits per heavy atom. The summed E-state index contributed by atoms with van der Waals surface area (Å²) < 4.78 is 10.6. The first-order valence-electron chi connectivity index (χ1n) is 7.16. The minimum atomic E-state index is 0.573. The number of hydrogen-bond donors (Lipinski definition) is 2. The van der Waals surface area contributed by atoms with E-state index in [-0.39, 0.29) is 0 Å². The Bertz CT molecular complexity index is 836. The van der Waals surface area contributed by atoms with Crippen LogP contribution in [0, 0.1) is 0 Å². The normalized spacial score (nSPS) is 10.5. The summed E-state index contributed by atoms with van der Waals surface area (Å²) in [6.45, 7) is 0.573. The molecule has 6 nitrogen and oxygen atoms in total. The van der Waals surface area contributed by atoms with Gasteiger partial charge in [0.2, 0.25) is 0 Å². The molecule has 3 rings (SSSR count). The molecule has 0 radical (unpaired) electrons. The number of rotatable bonds is 5. The molecule has 0 spiro atoms. The van der Waals surface area contributed by atoms with Crippen LogP contribution in [-0.2, 0) is 6.54 Å². The molecule has 0 aliphatic carbocycles. The Morgan fingerprint density at radius 3 is 2.70 bits per heavy atom. The summed E-state index contributed by atoms with van der Waals surface area (Å²) in [6.07, 6.45) is 1.52. The number of ether oxygens (including phenoxy) is 2. The van der Waals surface area contributed by atoms with Gasteiger partial charge in [0, 0.05) is 29.2 Å². The lowest BCUT2D eigenvalue weighted by molar-refractivity contribution is 0.391. The predicted octanol–water partition coefficient (Wildman–Crippen LogP) is 2.84. The lowest BCUT2D eigenvalue weighted by Crippen LogP contribution is -2.04. The second-order valence-corrected chi connectivity index (χ2v) is 5.03. The number of nitrogens with two attached hydrogens (primary N) is 1. The van der Waals surface area contributed by atoms with Gasteiger partial charge in [-0.3, -0.25) is 0 Å². The summed E-state index contributed by atoms with van der Waals surface area (Å²) >= 11 is 0. The fraction of sp³-hybridized carbons (Fsp3) is 0.176. The first kappa shape index (κ1) is 14.9. The van der Waals surface area contributed by atoms with Crippen LogP contribution in [0.4, 0.5) is 11.5 Å². The van der Waals surface area contributed by atoms with Gasteiger partial charge in [0.15, 0.2) is 0 Å². The molecule has 0 atom stereocenters. The van der Waals surface area contributed by atoms with Crippen LogP contribution >= 0.6 is 0 Å². The second-order valence-electron chi connectivity index (χ2n) is 5.03. The SMILES string of the molecule is COc1ccc(CNc2ncnc3cc(N)ccc23)c(OC)c1. The molecular formula is C17H18N4O2. The van der Waals surface area contributed by atoms with Crippen LogP contribution in [-0.4, -0.2) is 24.2 Å². The number of nitrogens with zero attached hydrogens (tertiary/aromatic N) is 2. The summed E-state index contributed by atoms with van der Waals surface area (Å²) in [5, 5.41) is 4.25. The van der Waals surface area contributed by atoms with Gasteiger partial charge < -0.3 is 20.5 Å². The molecule has 2 aromatic carbocycles. The Balaban J connectivity index is 1.86. The summed E-state index contributed by atoms with van der Waals surface area (Å²) in [5.74, 6) is 2.28. The molecular weight excluding hydrogens is 292 g/mol. The molecule has 0 unspecified atom stereocenters. The van der Waals surface area contributed by atoms with Crippen molar-refractivity contribution >= 4 is 22.4 Å². The number of fused-ring (bicyclic) bond motifs is 1. The fourth-order valence-electron chi connectivity index (χ4n) is 2.39. The van der Waals surface area contributed by atoms with E-state index in [0.717, 1.165) is 33.8 Å². The number of aromatic nitrogens is 2. The quantitative estimate of drug-likeness (QED) is 0.705. The predicted molar refractivity (Wildman–Crippen MR) is 90.8 cm³/mol. The third-order valence-electron chi connectivity index (χ3n) is 3.60. The molecule has 0 aliphatic rings. The zero-order valence-electron chi connectivity index (χ0n) is 13.0. The molecule has 1 aromatic heterocycles. The second kappa shape index (κ2) is 6.39. The Hall–Kier alpha value is -3.02. The summed E-state index contributed by atoms with van der Waals surface area (Å²) in [4.78, 5) is 8.55. The highest BCUT2D eigenvalue weighted by Gasteiger charge is 2.07. The van der Waals surface area contributed by atoms with E-state index < -0.39 is 0 Å². The molecule has 118 valence electrons. The summed E-state index contributed by atoms with van der Waals surface area (Å²) in [6, 6.07) is 11.3. The van der Waals surface area contributed by atoms with Gasteiger partial charge in [0.1, 0.15) is 23.6 Å². The van der Waals surface area contributed by atoms with Crippen LogP contribution in [0.1, 0.15) is 5.56 Å². The Labute approximate surface area is 134 Å². The third-order valence-corrected chi connectivity index (χ3v) is 3.60. The first-order chi connectivity index (χ1) is 11.2. The summed E-state index contributed by atoms with van der Waals surface area (Å²) in [7, 11) is 3.27. The van der Waals surface area contributed by atoms with Gasteiger partial charge in [0.25, 0.3) is 0 Å². The van der Waals surface area contributed by atoms with Gasteiger partial charge in [0.05, 0.1) is 19.7 Å². The van der Waals surface area contributed by atoms with Crippen molar-refractivity contribution in [3.05, 3.63) is 48.3 Å². The maximum Gasteiger partial charge on any atom is 0.137 e. The number of anilines is 2. The monoisotopic (exact) mass is 310 g/mol. The van der Waals surface area contributed by atoms with E-state index in [2.05, 4.69) is 15.3 Å². The molecule has 0 amide bonds. The van der Waals surface area contributed by atoms with E-state index in [4.69, 9.17) is 15.2 Å². The van der Waals surface area contributed by atoms with E-state index in [1.165, 1.54) is 6.33 Å². The van der Waals surface area contributed by atoms with Gasteiger partial charge in [-0.05, 0) is 30.3 Å². The van der Waals surface area contributed by atoms with E-state index in [9.17, 15) is 0 Å². The molecule has 3 N–H and O–H groups in total. The van der Waals surface area contributed by atoms with Gasteiger partial charge >= 0.3 is 0 Å². The zero-order chi connectivity index (χ0) is 16.2. The highest BCUT2D eigenvalue weighted by Crippen LogP contribution is 2.26. The average Bonchev–Trinajstić information content (AvgIpc) is 2.59.